The largest absolute Gasteiger partial charge is 0.448 e. The first kappa shape index (κ1) is 12.0. The molecule has 94 valence electrons. The zero-order valence-electron chi connectivity index (χ0n) is 9.91. The van der Waals surface area contributed by atoms with Gasteiger partial charge in [-0.2, -0.15) is 9.78 Å². The third kappa shape index (κ3) is 1.90. The summed E-state index contributed by atoms with van der Waals surface area (Å²) in [6.45, 7) is 3.62. The van der Waals surface area contributed by atoms with Crippen molar-refractivity contribution in [1.82, 2.24) is 9.78 Å². The maximum atomic E-state index is 11.7. The third-order valence-corrected chi connectivity index (χ3v) is 2.50. The quantitative estimate of drug-likeness (QED) is 0.601. The number of hydrogen-bond acceptors (Lipinski definition) is 5. The smallest absolute Gasteiger partial charge is 0.435 e. The lowest BCUT2D eigenvalue weighted by Gasteiger charge is -2.01. The van der Waals surface area contributed by atoms with Crippen molar-refractivity contribution in [3.8, 4) is 0 Å². The molecule has 0 amide bonds. The van der Waals surface area contributed by atoms with Crippen LogP contribution in [0.4, 0.5) is 10.5 Å². The summed E-state index contributed by atoms with van der Waals surface area (Å²) >= 11 is 0. The van der Waals surface area contributed by atoms with Gasteiger partial charge in [0.25, 0.3) is 5.69 Å². The van der Waals surface area contributed by atoms with Crippen LogP contribution >= 0.6 is 0 Å². The van der Waals surface area contributed by atoms with E-state index >= 15 is 0 Å². The normalized spacial score (nSPS) is 10.6. The number of nitro benzene ring substituents is 1. The Morgan fingerprint density at radius 1 is 1.56 bits per heavy atom. The first-order valence-corrected chi connectivity index (χ1v) is 5.35. The van der Waals surface area contributed by atoms with E-state index in [1.165, 1.54) is 12.1 Å². The van der Waals surface area contributed by atoms with Crippen LogP contribution in [0.3, 0.4) is 0 Å². The second kappa shape index (κ2) is 4.44. The highest BCUT2D eigenvalue weighted by atomic mass is 16.6. The topological polar surface area (TPSA) is 87.3 Å². The molecule has 0 bridgehead atoms. The molecule has 0 atom stereocenters. The van der Waals surface area contributed by atoms with Gasteiger partial charge < -0.3 is 4.74 Å². The van der Waals surface area contributed by atoms with Crippen LogP contribution in [-0.4, -0.2) is 27.4 Å². The van der Waals surface area contributed by atoms with E-state index < -0.39 is 11.0 Å². The van der Waals surface area contributed by atoms with Crippen molar-refractivity contribution in [2.45, 2.75) is 13.8 Å². The van der Waals surface area contributed by atoms with E-state index in [0.29, 0.717) is 16.6 Å². The average Bonchev–Trinajstić information content (AvgIpc) is 2.67. The molecule has 2 rings (SSSR count). The number of carbonyl (C=O) groups excluding carboxylic acids is 1. The Morgan fingerprint density at radius 3 is 2.89 bits per heavy atom. The summed E-state index contributed by atoms with van der Waals surface area (Å²) in [6.07, 6.45) is -0.643. The lowest BCUT2D eigenvalue weighted by molar-refractivity contribution is -0.384. The molecule has 0 aliphatic heterocycles. The molecule has 0 radical (unpaired) electrons. The van der Waals surface area contributed by atoms with Crippen molar-refractivity contribution in [2.24, 2.45) is 0 Å². The fourth-order valence-corrected chi connectivity index (χ4v) is 1.70. The Morgan fingerprint density at radius 2 is 2.28 bits per heavy atom. The van der Waals surface area contributed by atoms with E-state index in [0.717, 1.165) is 4.68 Å². The van der Waals surface area contributed by atoms with Crippen molar-refractivity contribution in [3.05, 3.63) is 34.0 Å². The molecule has 0 spiro atoms. The van der Waals surface area contributed by atoms with Crippen molar-refractivity contribution in [3.63, 3.8) is 0 Å². The number of hydrogen-bond donors (Lipinski definition) is 0. The van der Waals surface area contributed by atoms with Gasteiger partial charge in [0.15, 0.2) is 0 Å². The summed E-state index contributed by atoms with van der Waals surface area (Å²) in [7, 11) is 0. The monoisotopic (exact) mass is 249 g/mol. The molecule has 1 heterocycles. The summed E-state index contributed by atoms with van der Waals surface area (Å²) in [5, 5.41) is 15.4. The van der Waals surface area contributed by atoms with E-state index in [-0.39, 0.29) is 12.3 Å². The summed E-state index contributed by atoms with van der Waals surface area (Å²) in [5.41, 5.74) is 0.904. The molecular weight excluding hydrogens is 238 g/mol. The maximum Gasteiger partial charge on any atom is 0.435 e. The Labute approximate surface area is 102 Å². The number of aryl methyl sites for hydroxylation is 1. The number of benzene rings is 1. The highest BCUT2D eigenvalue weighted by Gasteiger charge is 2.17. The molecule has 0 saturated carbocycles. The summed E-state index contributed by atoms with van der Waals surface area (Å²) in [4.78, 5) is 21.9. The number of carbonyl (C=O) groups is 1. The second-order valence-corrected chi connectivity index (χ2v) is 3.65. The molecule has 7 heteroatoms. The number of non-ortho nitro benzene ring substituents is 1. The summed E-state index contributed by atoms with van der Waals surface area (Å²) in [6, 6.07) is 4.27. The van der Waals surface area contributed by atoms with Crippen molar-refractivity contribution < 1.29 is 14.5 Å². The first-order chi connectivity index (χ1) is 8.54. The van der Waals surface area contributed by atoms with Gasteiger partial charge >= 0.3 is 6.09 Å². The summed E-state index contributed by atoms with van der Waals surface area (Å²) < 4.78 is 5.88. The minimum atomic E-state index is -0.643. The van der Waals surface area contributed by atoms with E-state index in [2.05, 4.69) is 5.10 Å². The SMILES string of the molecule is CCOC(=O)n1nc(C)c2ccc([N+](=O)[O-])cc21. The van der Waals surface area contributed by atoms with Crippen LogP contribution in [0, 0.1) is 17.0 Å². The molecule has 1 aromatic carbocycles. The standard InChI is InChI=1S/C11H11N3O4/c1-3-18-11(15)13-10-6-8(14(16)17)4-5-9(10)7(2)12-13/h4-6H,3H2,1-2H3. The Kier molecular flexibility index (Phi) is 2.97. The lowest BCUT2D eigenvalue weighted by Crippen LogP contribution is -2.14. The van der Waals surface area contributed by atoms with Gasteiger partial charge in [0.2, 0.25) is 0 Å². The Bertz CT molecular complexity index is 632. The number of rotatable bonds is 2. The van der Waals surface area contributed by atoms with Crippen molar-refractivity contribution in [2.75, 3.05) is 6.61 Å². The molecule has 18 heavy (non-hydrogen) atoms. The molecule has 0 aliphatic rings. The molecule has 7 nitrogen and oxygen atoms in total. The number of fused-ring (bicyclic) bond motifs is 1. The van der Waals surface area contributed by atoms with Gasteiger partial charge in [-0.05, 0) is 19.9 Å². The second-order valence-electron chi connectivity index (χ2n) is 3.65. The molecule has 0 unspecified atom stereocenters. The van der Waals surface area contributed by atoms with Crippen LogP contribution in [0.15, 0.2) is 18.2 Å². The van der Waals surface area contributed by atoms with Crippen molar-refractivity contribution >= 4 is 22.7 Å². The number of nitrogens with zero attached hydrogens (tertiary/aromatic N) is 3. The zero-order chi connectivity index (χ0) is 13.3. The molecule has 0 fully saturated rings. The Hall–Kier alpha value is -2.44. The number of nitro groups is 1. The molecule has 2 aromatic rings. The Balaban J connectivity index is 2.63. The predicted molar refractivity (Wildman–Crippen MR) is 63.5 cm³/mol. The molecule has 0 N–H and O–H groups in total. The van der Waals surface area contributed by atoms with E-state index in [1.54, 1.807) is 19.9 Å². The van der Waals surface area contributed by atoms with E-state index in [4.69, 9.17) is 4.74 Å². The van der Waals surface area contributed by atoms with Gasteiger partial charge in [-0.3, -0.25) is 10.1 Å². The molecule has 0 aliphatic carbocycles. The molecular formula is C11H11N3O4. The third-order valence-electron chi connectivity index (χ3n) is 2.50. The number of aromatic nitrogens is 2. The highest BCUT2D eigenvalue weighted by Crippen LogP contribution is 2.23. The van der Waals surface area contributed by atoms with Gasteiger partial charge in [-0.15, -0.1) is 0 Å². The van der Waals surface area contributed by atoms with Gasteiger partial charge in [0.05, 0.1) is 22.7 Å². The molecule has 1 aromatic heterocycles. The van der Waals surface area contributed by atoms with Crippen LogP contribution in [0.5, 0.6) is 0 Å². The number of ether oxygens (including phenoxy) is 1. The fourth-order valence-electron chi connectivity index (χ4n) is 1.70. The highest BCUT2D eigenvalue weighted by molar-refractivity contribution is 5.90. The molecule has 0 saturated heterocycles. The van der Waals surface area contributed by atoms with Crippen LogP contribution in [0.1, 0.15) is 12.6 Å². The average molecular weight is 249 g/mol. The van der Waals surface area contributed by atoms with Gasteiger partial charge in [0, 0.05) is 17.5 Å². The minimum absolute atomic E-state index is 0.0899. The zero-order valence-corrected chi connectivity index (χ0v) is 9.91. The lowest BCUT2D eigenvalue weighted by atomic mass is 10.2. The predicted octanol–water partition coefficient (Wildman–Crippen LogP) is 2.26. The maximum absolute atomic E-state index is 11.7. The first-order valence-electron chi connectivity index (χ1n) is 5.35. The van der Waals surface area contributed by atoms with Crippen LogP contribution in [0.25, 0.3) is 10.9 Å². The van der Waals surface area contributed by atoms with Crippen LogP contribution in [0.2, 0.25) is 0 Å². The van der Waals surface area contributed by atoms with Gasteiger partial charge in [-0.25, -0.2) is 4.79 Å². The van der Waals surface area contributed by atoms with E-state index in [9.17, 15) is 14.9 Å². The minimum Gasteiger partial charge on any atom is -0.448 e. The van der Waals surface area contributed by atoms with Crippen LogP contribution < -0.4 is 0 Å². The van der Waals surface area contributed by atoms with E-state index in [1.807, 2.05) is 0 Å². The fraction of sp³-hybridized carbons (Fsp3) is 0.273. The van der Waals surface area contributed by atoms with Crippen LogP contribution in [-0.2, 0) is 4.74 Å². The van der Waals surface area contributed by atoms with Gasteiger partial charge in [0.1, 0.15) is 0 Å². The van der Waals surface area contributed by atoms with Crippen molar-refractivity contribution in [1.29, 1.82) is 0 Å². The summed E-state index contributed by atoms with van der Waals surface area (Å²) in [5.74, 6) is 0. The van der Waals surface area contributed by atoms with Gasteiger partial charge in [-0.1, -0.05) is 0 Å².